The number of amides is 1. The molecule has 0 aliphatic carbocycles. The molecule has 0 spiro atoms. The van der Waals surface area contributed by atoms with Gasteiger partial charge in [-0.15, -0.1) is 10.2 Å². The molecule has 1 heterocycles. The summed E-state index contributed by atoms with van der Waals surface area (Å²) in [6.07, 6.45) is 0. The van der Waals surface area contributed by atoms with Crippen molar-refractivity contribution in [1.82, 2.24) is 14.8 Å². The van der Waals surface area contributed by atoms with Crippen LogP contribution in [0.3, 0.4) is 0 Å². The van der Waals surface area contributed by atoms with E-state index in [1.165, 1.54) is 17.4 Å². The lowest BCUT2D eigenvalue weighted by molar-refractivity contribution is -0.113. The van der Waals surface area contributed by atoms with Crippen LogP contribution in [-0.2, 0) is 11.3 Å². The first kappa shape index (κ1) is 23.4. The summed E-state index contributed by atoms with van der Waals surface area (Å²) in [6.45, 7) is 8.95. The molecule has 0 aliphatic rings. The van der Waals surface area contributed by atoms with Crippen molar-refractivity contribution in [3.8, 4) is 11.4 Å². The molecule has 0 saturated heterocycles. The Morgan fingerprint density at radius 1 is 1.06 bits per heavy atom. The maximum atomic E-state index is 12.4. The molecule has 1 amide bonds. The maximum Gasteiger partial charge on any atom is 0.234 e. The van der Waals surface area contributed by atoms with Crippen molar-refractivity contribution in [3.63, 3.8) is 0 Å². The first-order valence-corrected chi connectivity index (χ1v) is 11.9. The van der Waals surface area contributed by atoms with Crippen LogP contribution in [0, 0.1) is 0 Å². The number of nitrogens with zero attached hydrogens (tertiary/aromatic N) is 4. The van der Waals surface area contributed by atoms with E-state index in [1.54, 1.807) is 18.2 Å². The number of nitrogens with one attached hydrogen (secondary N) is 1. The quantitative estimate of drug-likeness (QED) is 0.391. The van der Waals surface area contributed by atoms with Crippen LogP contribution in [0.4, 0.5) is 11.4 Å². The molecule has 0 fully saturated rings. The topological polar surface area (TPSA) is 63.1 Å². The fourth-order valence-electron chi connectivity index (χ4n) is 3.21. The van der Waals surface area contributed by atoms with Crippen molar-refractivity contribution in [2.24, 2.45) is 0 Å². The van der Waals surface area contributed by atoms with Crippen LogP contribution in [0.15, 0.2) is 47.6 Å². The second kappa shape index (κ2) is 10.9. The fraction of sp³-hybridized carbons (Fsp3) is 0.318. The number of hydrogen-bond donors (Lipinski definition) is 1. The second-order valence-electron chi connectivity index (χ2n) is 6.73. The van der Waals surface area contributed by atoms with E-state index in [0.29, 0.717) is 27.4 Å². The minimum atomic E-state index is -0.190. The summed E-state index contributed by atoms with van der Waals surface area (Å²) in [7, 11) is 0. The van der Waals surface area contributed by atoms with Crippen molar-refractivity contribution in [2.75, 3.05) is 29.1 Å². The van der Waals surface area contributed by atoms with Gasteiger partial charge in [0.05, 0.1) is 16.5 Å². The SMILES string of the molecule is CCN(CC)c1ccc(-c2nnc(SCC(=O)Nc3cc(Cl)ccc3Cl)n2CC)cc1. The third kappa shape index (κ3) is 5.73. The first-order valence-electron chi connectivity index (χ1n) is 10.1. The number of carbonyl (C=O) groups is 1. The van der Waals surface area contributed by atoms with E-state index in [0.717, 1.165) is 24.5 Å². The lowest BCUT2D eigenvalue weighted by Gasteiger charge is -2.21. The Hall–Kier alpha value is -2.22. The van der Waals surface area contributed by atoms with Crippen LogP contribution in [0.2, 0.25) is 10.0 Å². The molecule has 9 heteroatoms. The van der Waals surface area contributed by atoms with Gasteiger partial charge >= 0.3 is 0 Å². The van der Waals surface area contributed by atoms with Gasteiger partial charge in [0, 0.05) is 35.9 Å². The van der Waals surface area contributed by atoms with Crippen molar-refractivity contribution in [2.45, 2.75) is 32.5 Å². The molecule has 31 heavy (non-hydrogen) atoms. The highest BCUT2D eigenvalue weighted by molar-refractivity contribution is 7.99. The van der Waals surface area contributed by atoms with Gasteiger partial charge in [-0.3, -0.25) is 4.79 Å². The number of rotatable bonds is 9. The van der Waals surface area contributed by atoms with Crippen molar-refractivity contribution in [3.05, 3.63) is 52.5 Å². The molecule has 0 bridgehead atoms. The molecule has 0 radical (unpaired) electrons. The van der Waals surface area contributed by atoms with Crippen LogP contribution in [0.1, 0.15) is 20.8 Å². The average molecular weight is 478 g/mol. The van der Waals surface area contributed by atoms with Crippen LogP contribution in [-0.4, -0.2) is 39.5 Å². The third-order valence-electron chi connectivity index (χ3n) is 4.82. The van der Waals surface area contributed by atoms with E-state index < -0.39 is 0 Å². The van der Waals surface area contributed by atoms with E-state index in [1.807, 2.05) is 11.5 Å². The summed E-state index contributed by atoms with van der Waals surface area (Å²) in [5.41, 5.74) is 2.67. The van der Waals surface area contributed by atoms with Crippen LogP contribution in [0.25, 0.3) is 11.4 Å². The Kier molecular flexibility index (Phi) is 8.23. The molecule has 0 aliphatic heterocycles. The molecule has 1 N–H and O–H groups in total. The average Bonchev–Trinajstić information content (AvgIpc) is 3.19. The standard InChI is InChI=1S/C22H25Cl2N5OS/c1-4-28(5-2)17-10-7-15(8-11-17)21-26-27-22(29(21)6-3)31-14-20(30)25-19-13-16(23)9-12-18(19)24/h7-13H,4-6,14H2,1-3H3,(H,25,30). The Labute approximate surface area is 196 Å². The van der Waals surface area contributed by atoms with Crippen LogP contribution < -0.4 is 10.2 Å². The zero-order chi connectivity index (χ0) is 22.4. The van der Waals surface area contributed by atoms with Gasteiger partial charge in [0.1, 0.15) is 0 Å². The summed E-state index contributed by atoms with van der Waals surface area (Å²) < 4.78 is 2.01. The third-order valence-corrected chi connectivity index (χ3v) is 6.35. The highest BCUT2D eigenvalue weighted by Crippen LogP contribution is 2.28. The highest BCUT2D eigenvalue weighted by Gasteiger charge is 2.15. The summed E-state index contributed by atoms with van der Waals surface area (Å²) in [4.78, 5) is 14.7. The van der Waals surface area contributed by atoms with E-state index in [2.05, 4.69) is 58.5 Å². The van der Waals surface area contributed by atoms with E-state index in [4.69, 9.17) is 23.2 Å². The Bertz CT molecular complexity index is 1030. The lowest BCUT2D eigenvalue weighted by atomic mass is 10.2. The number of halogens is 2. The summed E-state index contributed by atoms with van der Waals surface area (Å²) in [5.74, 6) is 0.779. The normalized spacial score (nSPS) is 10.9. The largest absolute Gasteiger partial charge is 0.372 e. The number of hydrogen-bond acceptors (Lipinski definition) is 5. The molecular formula is C22H25Cl2N5OS. The second-order valence-corrected chi connectivity index (χ2v) is 8.52. The Morgan fingerprint density at radius 3 is 2.42 bits per heavy atom. The number of aromatic nitrogens is 3. The van der Waals surface area contributed by atoms with Gasteiger partial charge in [-0.1, -0.05) is 35.0 Å². The number of thioether (sulfide) groups is 1. The highest BCUT2D eigenvalue weighted by atomic mass is 35.5. The smallest absolute Gasteiger partial charge is 0.234 e. The zero-order valence-electron chi connectivity index (χ0n) is 17.7. The van der Waals surface area contributed by atoms with E-state index in [-0.39, 0.29) is 11.7 Å². The maximum absolute atomic E-state index is 12.4. The first-order chi connectivity index (χ1) is 15.0. The molecule has 0 saturated carbocycles. The fourth-order valence-corrected chi connectivity index (χ4v) is 4.35. The summed E-state index contributed by atoms with van der Waals surface area (Å²) in [6, 6.07) is 13.3. The predicted molar refractivity (Wildman–Crippen MR) is 131 cm³/mol. The van der Waals surface area contributed by atoms with Gasteiger partial charge in [0.2, 0.25) is 5.91 Å². The van der Waals surface area contributed by atoms with Gasteiger partial charge in [0.25, 0.3) is 0 Å². The molecule has 3 rings (SSSR count). The summed E-state index contributed by atoms with van der Waals surface area (Å²) in [5, 5.41) is 13.1. The Balaban J connectivity index is 1.70. The zero-order valence-corrected chi connectivity index (χ0v) is 20.1. The molecule has 3 aromatic rings. The van der Waals surface area contributed by atoms with Gasteiger partial charge in [-0.2, -0.15) is 0 Å². The van der Waals surface area contributed by atoms with Crippen molar-refractivity contribution in [1.29, 1.82) is 0 Å². The Morgan fingerprint density at radius 2 is 1.77 bits per heavy atom. The molecule has 6 nitrogen and oxygen atoms in total. The van der Waals surface area contributed by atoms with Crippen LogP contribution >= 0.6 is 35.0 Å². The van der Waals surface area contributed by atoms with Crippen molar-refractivity contribution >= 4 is 52.2 Å². The lowest BCUT2D eigenvalue weighted by Crippen LogP contribution is -2.21. The van der Waals surface area contributed by atoms with Gasteiger partial charge < -0.3 is 14.8 Å². The molecule has 1 aromatic heterocycles. The minimum absolute atomic E-state index is 0.182. The molecule has 0 unspecified atom stereocenters. The van der Waals surface area contributed by atoms with Gasteiger partial charge in [0.15, 0.2) is 11.0 Å². The van der Waals surface area contributed by atoms with Crippen LogP contribution in [0.5, 0.6) is 0 Å². The molecular weight excluding hydrogens is 453 g/mol. The van der Waals surface area contributed by atoms with E-state index in [9.17, 15) is 4.79 Å². The molecule has 2 aromatic carbocycles. The van der Waals surface area contributed by atoms with Gasteiger partial charge in [-0.05, 0) is 63.2 Å². The van der Waals surface area contributed by atoms with Gasteiger partial charge in [-0.25, -0.2) is 0 Å². The molecule has 164 valence electrons. The predicted octanol–water partition coefficient (Wildman–Crippen LogP) is 5.85. The molecule has 0 atom stereocenters. The number of carbonyl (C=O) groups excluding carboxylic acids is 1. The summed E-state index contributed by atoms with van der Waals surface area (Å²) >= 11 is 13.4. The van der Waals surface area contributed by atoms with E-state index >= 15 is 0 Å². The van der Waals surface area contributed by atoms with Crippen molar-refractivity contribution < 1.29 is 4.79 Å². The minimum Gasteiger partial charge on any atom is -0.372 e. The number of anilines is 2. The monoisotopic (exact) mass is 477 g/mol. The number of benzene rings is 2.